The van der Waals surface area contributed by atoms with E-state index < -0.39 is 0 Å². The van der Waals surface area contributed by atoms with Crippen molar-refractivity contribution in [3.05, 3.63) is 52.0 Å². The van der Waals surface area contributed by atoms with Crippen molar-refractivity contribution in [2.24, 2.45) is 5.41 Å². The van der Waals surface area contributed by atoms with E-state index in [9.17, 15) is 0 Å². The Balaban J connectivity index is 1.91. The van der Waals surface area contributed by atoms with Crippen LogP contribution in [0.25, 0.3) is 0 Å². The Labute approximate surface area is 114 Å². The lowest BCUT2D eigenvalue weighted by atomic mass is 9.89. The molecule has 0 saturated carbocycles. The molecular weight excluding hydrogens is 238 g/mol. The summed E-state index contributed by atoms with van der Waals surface area (Å²) in [7, 11) is 0. The van der Waals surface area contributed by atoms with Gasteiger partial charge in [-0.1, -0.05) is 32.9 Å². The van der Waals surface area contributed by atoms with E-state index in [4.69, 9.17) is 0 Å². The lowest BCUT2D eigenvalue weighted by molar-refractivity contribution is 0.410. The van der Waals surface area contributed by atoms with Crippen LogP contribution in [0.3, 0.4) is 0 Å². The zero-order valence-corrected chi connectivity index (χ0v) is 12.3. The molecule has 0 spiro atoms. The number of nitrogens with zero attached hydrogens (tertiary/aromatic N) is 1. The van der Waals surface area contributed by atoms with Gasteiger partial charge in [-0.15, -0.1) is 11.3 Å². The number of rotatable bonds is 4. The molecule has 96 valence electrons. The van der Waals surface area contributed by atoms with Gasteiger partial charge in [0, 0.05) is 16.8 Å². The number of pyridine rings is 1. The van der Waals surface area contributed by atoms with Crippen LogP contribution < -0.4 is 0 Å². The lowest BCUT2D eigenvalue weighted by Gasteiger charge is -2.17. The second-order valence-corrected chi connectivity index (χ2v) is 7.01. The molecule has 0 unspecified atom stereocenters. The molecule has 0 aliphatic heterocycles. The monoisotopic (exact) mass is 259 g/mol. The van der Waals surface area contributed by atoms with Crippen LogP contribution >= 0.6 is 11.3 Å². The van der Waals surface area contributed by atoms with Gasteiger partial charge in [-0.05, 0) is 47.8 Å². The number of hydrogen-bond acceptors (Lipinski definition) is 2. The van der Waals surface area contributed by atoms with Crippen molar-refractivity contribution in [3.8, 4) is 0 Å². The normalized spacial score (nSPS) is 11.7. The summed E-state index contributed by atoms with van der Waals surface area (Å²) in [6.45, 7) is 6.78. The molecule has 0 radical (unpaired) electrons. The van der Waals surface area contributed by atoms with E-state index in [1.807, 2.05) is 17.5 Å². The molecule has 1 nitrogen and oxygen atoms in total. The van der Waals surface area contributed by atoms with Crippen LogP contribution in [0.15, 0.2) is 35.8 Å². The van der Waals surface area contributed by atoms with Gasteiger partial charge in [0.2, 0.25) is 0 Å². The Hall–Kier alpha value is -1.15. The van der Waals surface area contributed by atoms with Gasteiger partial charge in [-0.25, -0.2) is 0 Å². The molecule has 0 atom stereocenters. The molecular formula is C16H21NS. The Kier molecular flexibility index (Phi) is 4.18. The molecule has 2 aromatic rings. The van der Waals surface area contributed by atoms with E-state index in [1.165, 1.54) is 16.1 Å². The molecule has 2 rings (SSSR count). The van der Waals surface area contributed by atoms with E-state index in [0.29, 0.717) is 5.41 Å². The molecule has 0 fully saturated rings. The fourth-order valence-corrected chi connectivity index (χ4v) is 2.74. The number of thiophene rings is 1. The predicted molar refractivity (Wildman–Crippen MR) is 79.1 cm³/mol. The average Bonchev–Trinajstić information content (AvgIpc) is 2.79. The highest BCUT2D eigenvalue weighted by Gasteiger charge is 2.11. The highest BCUT2D eigenvalue weighted by atomic mass is 32.1. The number of aryl methyl sites for hydroxylation is 2. The van der Waals surface area contributed by atoms with Crippen molar-refractivity contribution in [1.82, 2.24) is 4.98 Å². The van der Waals surface area contributed by atoms with E-state index in [-0.39, 0.29) is 0 Å². The maximum Gasteiger partial charge on any atom is 0.0407 e. The van der Waals surface area contributed by atoms with Crippen molar-refractivity contribution >= 4 is 11.3 Å². The second-order valence-electron chi connectivity index (χ2n) is 5.97. The van der Waals surface area contributed by atoms with Crippen LogP contribution in [0.5, 0.6) is 0 Å². The maximum absolute atomic E-state index is 4.57. The van der Waals surface area contributed by atoms with Crippen molar-refractivity contribution < 1.29 is 0 Å². The summed E-state index contributed by atoms with van der Waals surface area (Å²) in [6.07, 6.45) is 5.26. The molecule has 0 bridgehead atoms. The van der Waals surface area contributed by atoms with E-state index in [0.717, 1.165) is 19.3 Å². The standard InChI is InChI=1S/C16H21NS/c1-16(2,3)11-13-6-7-14(17-12-13)8-9-15-5-4-10-18-15/h4-7,10,12H,8-9,11H2,1-3H3. The second kappa shape index (κ2) is 5.66. The highest BCUT2D eigenvalue weighted by molar-refractivity contribution is 7.09. The van der Waals surface area contributed by atoms with Gasteiger partial charge < -0.3 is 0 Å². The van der Waals surface area contributed by atoms with Gasteiger partial charge >= 0.3 is 0 Å². The molecule has 0 saturated heterocycles. The molecule has 0 N–H and O–H groups in total. The third-order valence-corrected chi connectivity index (χ3v) is 3.76. The third-order valence-electron chi connectivity index (χ3n) is 2.83. The number of hydrogen-bond donors (Lipinski definition) is 0. The SMILES string of the molecule is CC(C)(C)Cc1ccc(CCc2cccs2)nc1. The van der Waals surface area contributed by atoms with Crippen LogP contribution in [-0.2, 0) is 19.3 Å². The Bertz CT molecular complexity index is 463. The summed E-state index contributed by atoms with van der Waals surface area (Å²) in [6, 6.07) is 8.70. The van der Waals surface area contributed by atoms with Gasteiger partial charge in [0.1, 0.15) is 0 Å². The zero-order chi connectivity index (χ0) is 13.0. The Morgan fingerprint density at radius 3 is 2.50 bits per heavy atom. The van der Waals surface area contributed by atoms with Crippen LogP contribution in [0.1, 0.15) is 36.9 Å². The van der Waals surface area contributed by atoms with Gasteiger partial charge in [0.15, 0.2) is 0 Å². The summed E-state index contributed by atoms with van der Waals surface area (Å²) < 4.78 is 0. The minimum absolute atomic E-state index is 0.333. The van der Waals surface area contributed by atoms with Crippen LogP contribution in [0.2, 0.25) is 0 Å². The molecule has 0 aliphatic carbocycles. The predicted octanol–water partition coefficient (Wildman–Crippen LogP) is 4.52. The minimum atomic E-state index is 0.333. The molecule has 2 aromatic heterocycles. The van der Waals surface area contributed by atoms with E-state index in [2.05, 4.69) is 55.4 Å². The van der Waals surface area contributed by atoms with Crippen LogP contribution in [0, 0.1) is 5.41 Å². The largest absolute Gasteiger partial charge is 0.261 e. The van der Waals surface area contributed by atoms with Gasteiger partial charge in [-0.2, -0.15) is 0 Å². The van der Waals surface area contributed by atoms with Gasteiger partial charge in [0.25, 0.3) is 0 Å². The van der Waals surface area contributed by atoms with Crippen LogP contribution in [0.4, 0.5) is 0 Å². The van der Waals surface area contributed by atoms with Gasteiger partial charge in [-0.3, -0.25) is 4.98 Å². The zero-order valence-electron chi connectivity index (χ0n) is 11.4. The summed E-state index contributed by atoms with van der Waals surface area (Å²) >= 11 is 1.83. The summed E-state index contributed by atoms with van der Waals surface area (Å²) in [5.74, 6) is 0. The Morgan fingerprint density at radius 1 is 1.11 bits per heavy atom. The first-order valence-electron chi connectivity index (χ1n) is 6.49. The fourth-order valence-electron chi connectivity index (χ4n) is 2.03. The molecule has 18 heavy (non-hydrogen) atoms. The highest BCUT2D eigenvalue weighted by Crippen LogP contribution is 2.20. The van der Waals surface area contributed by atoms with E-state index >= 15 is 0 Å². The first kappa shape index (κ1) is 13.3. The lowest BCUT2D eigenvalue weighted by Crippen LogP contribution is -2.09. The summed E-state index contributed by atoms with van der Waals surface area (Å²) in [5.41, 5.74) is 2.86. The van der Waals surface area contributed by atoms with Crippen LogP contribution in [-0.4, -0.2) is 4.98 Å². The molecule has 0 aromatic carbocycles. The Morgan fingerprint density at radius 2 is 1.94 bits per heavy atom. The maximum atomic E-state index is 4.57. The first-order chi connectivity index (χ1) is 8.53. The van der Waals surface area contributed by atoms with Crippen molar-refractivity contribution in [2.75, 3.05) is 0 Å². The topological polar surface area (TPSA) is 12.9 Å². The summed E-state index contributed by atoms with van der Waals surface area (Å²) in [4.78, 5) is 6.01. The quantitative estimate of drug-likeness (QED) is 0.787. The summed E-state index contributed by atoms with van der Waals surface area (Å²) in [5, 5.41) is 2.13. The first-order valence-corrected chi connectivity index (χ1v) is 7.37. The smallest absolute Gasteiger partial charge is 0.0407 e. The number of aromatic nitrogens is 1. The molecule has 0 aliphatic rings. The fraction of sp³-hybridized carbons (Fsp3) is 0.438. The molecule has 0 amide bonds. The average molecular weight is 259 g/mol. The third kappa shape index (κ3) is 4.26. The molecule has 2 heteroatoms. The van der Waals surface area contributed by atoms with Crippen molar-refractivity contribution in [1.29, 1.82) is 0 Å². The van der Waals surface area contributed by atoms with E-state index in [1.54, 1.807) is 0 Å². The van der Waals surface area contributed by atoms with Gasteiger partial charge in [0.05, 0.1) is 0 Å². The van der Waals surface area contributed by atoms with Crippen molar-refractivity contribution in [2.45, 2.75) is 40.0 Å². The molecule has 2 heterocycles. The van der Waals surface area contributed by atoms with Crippen molar-refractivity contribution in [3.63, 3.8) is 0 Å². The minimum Gasteiger partial charge on any atom is -0.261 e.